The third-order valence-corrected chi connectivity index (χ3v) is 12.0. The third kappa shape index (κ3) is 5.24. The van der Waals surface area contributed by atoms with E-state index in [1.54, 1.807) is 19.9 Å². The molecule has 0 radical (unpaired) electrons. The van der Waals surface area contributed by atoms with E-state index in [0.717, 1.165) is 38.8 Å². The van der Waals surface area contributed by atoms with Crippen molar-refractivity contribution in [1.82, 2.24) is 25.1 Å². The van der Waals surface area contributed by atoms with E-state index in [4.69, 9.17) is 9.72 Å². The lowest BCUT2D eigenvalue weighted by Crippen LogP contribution is -2.44. The Hall–Kier alpha value is -6.08. The molecular weight excluding hydrogens is 705 g/mol. The lowest BCUT2D eigenvalue weighted by molar-refractivity contribution is -0.172. The van der Waals surface area contributed by atoms with Gasteiger partial charge in [0, 0.05) is 48.1 Å². The number of carbonyl (C=O) groups excluding carboxylic acids is 2. The van der Waals surface area contributed by atoms with Gasteiger partial charge in [-0.05, 0) is 71.2 Å². The number of nitrogens with one attached hydrogen (secondary N) is 2. The average Bonchev–Trinajstić information content (AvgIpc) is 3.71. The number of aryl methyl sites for hydroxylation is 1. The Morgan fingerprint density at radius 3 is 2.45 bits per heavy atom. The number of hydrogen-bond donors (Lipinski definition) is 4. The number of pyridine rings is 2. The molecule has 0 spiro atoms. The summed E-state index contributed by atoms with van der Waals surface area (Å²) in [5, 5.41) is 28.2. The Morgan fingerprint density at radius 2 is 1.76 bits per heavy atom. The molecule has 4 heterocycles. The van der Waals surface area contributed by atoms with Crippen molar-refractivity contribution < 1.29 is 33.7 Å². The molecule has 2 aliphatic carbocycles. The fourth-order valence-corrected chi connectivity index (χ4v) is 9.15. The highest BCUT2D eigenvalue weighted by Gasteiger charge is 2.46. The SMILES string of the molecule is CC[C@@]1(O)C(=O)OCc2c1cc1n(c2=O)Cc2c-1nc1cc(F)c(C)c3c1c2[C@@H](NC(=O)NCCN(CC1c2ccccc2-c2ccccc21)C(=O)O)CC3. The molecule has 0 saturated heterocycles. The number of esters is 1. The van der Waals surface area contributed by atoms with E-state index in [0.29, 0.717) is 40.9 Å². The number of halogens is 1. The first-order chi connectivity index (χ1) is 26.5. The average molecular weight is 744 g/mol. The Balaban J connectivity index is 0.996. The highest BCUT2D eigenvalue weighted by atomic mass is 19.1. The molecule has 280 valence electrons. The summed E-state index contributed by atoms with van der Waals surface area (Å²) in [6, 6.07) is 17.9. The molecule has 0 saturated carbocycles. The molecule has 12 nitrogen and oxygen atoms in total. The monoisotopic (exact) mass is 743 g/mol. The molecule has 3 amide bonds. The van der Waals surface area contributed by atoms with Crippen molar-refractivity contribution in [3.8, 4) is 22.5 Å². The molecule has 4 aliphatic rings. The first-order valence-corrected chi connectivity index (χ1v) is 18.5. The van der Waals surface area contributed by atoms with Gasteiger partial charge in [-0.25, -0.2) is 23.8 Å². The molecule has 0 bridgehead atoms. The minimum atomic E-state index is -2.00. The van der Waals surface area contributed by atoms with Gasteiger partial charge < -0.3 is 35.1 Å². The van der Waals surface area contributed by atoms with Crippen molar-refractivity contribution in [3.63, 3.8) is 0 Å². The van der Waals surface area contributed by atoms with Crippen molar-refractivity contribution in [1.29, 1.82) is 0 Å². The highest BCUT2D eigenvalue weighted by molar-refractivity contribution is 5.94. The van der Waals surface area contributed by atoms with Crippen molar-refractivity contribution in [3.05, 3.63) is 121 Å². The van der Waals surface area contributed by atoms with Gasteiger partial charge >= 0.3 is 18.1 Å². The highest BCUT2D eigenvalue weighted by Crippen LogP contribution is 2.47. The second-order valence-corrected chi connectivity index (χ2v) is 14.8. The number of carboxylic acid groups (broad SMARTS) is 1. The van der Waals surface area contributed by atoms with Crippen LogP contribution in [0.1, 0.15) is 76.2 Å². The van der Waals surface area contributed by atoms with Gasteiger partial charge in [-0.1, -0.05) is 55.5 Å². The predicted octanol–water partition coefficient (Wildman–Crippen LogP) is 5.61. The number of amides is 3. The van der Waals surface area contributed by atoms with Crippen molar-refractivity contribution in [2.75, 3.05) is 19.6 Å². The summed E-state index contributed by atoms with van der Waals surface area (Å²) >= 11 is 0. The first-order valence-electron chi connectivity index (χ1n) is 18.5. The van der Waals surface area contributed by atoms with Crippen LogP contribution in [0.5, 0.6) is 0 Å². The largest absolute Gasteiger partial charge is 0.465 e. The minimum absolute atomic E-state index is 0.00728. The molecule has 0 fully saturated rings. The normalized spacial score (nSPS) is 18.8. The number of nitrogens with zero attached hydrogens (tertiary/aromatic N) is 3. The van der Waals surface area contributed by atoms with E-state index in [1.165, 1.54) is 15.5 Å². The van der Waals surface area contributed by atoms with E-state index in [1.807, 2.05) is 48.5 Å². The van der Waals surface area contributed by atoms with Gasteiger partial charge in [0.15, 0.2) is 5.60 Å². The van der Waals surface area contributed by atoms with E-state index in [2.05, 4.69) is 10.6 Å². The molecule has 4 N–H and O–H groups in total. The minimum Gasteiger partial charge on any atom is -0.465 e. The van der Waals surface area contributed by atoms with Crippen LogP contribution in [0.2, 0.25) is 0 Å². The predicted molar refractivity (Wildman–Crippen MR) is 200 cm³/mol. The van der Waals surface area contributed by atoms with E-state index < -0.39 is 41.1 Å². The topological polar surface area (TPSA) is 163 Å². The number of aromatic nitrogens is 2. The summed E-state index contributed by atoms with van der Waals surface area (Å²) in [5.41, 5.74) is 6.11. The summed E-state index contributed by atoms with van der Waals surface area (Å²) < 4.78 is 22.1. The quantitative estimate of drug-likeness (QED) is 0.154. The number of benzene rings is 3. The summed E-state index contributed by atoms with van der Waals surface area (Å²) in [5.74, 6) is -1.39. The molecule has 2 atom stereocenters. The van der Waals surface area contributed by atoms with Gasteiger partial charge in [-0.2, -0.15) is 0 Å². The molecule has 13 heteroatoms. The zero-order chi connectivity index (χ0) is 38.3. The van der Waals surface area contributed by atoms with Crippen LogP contribution in [0.3, 0.4) is 0 Å². The second-order valence-electron chi connectivity index (χ2n) is 14.8. The lowest BCUT2D eigenvalue weighted by Gasteiger charge is -2.31. The Morgan fingerprint density at radius 1 is 1.05 bits per heavy atom. The number of aliphatic hydroxyl groups is 1. The van der Waals surface area contributed by atoms with Gasteiger partial charge in [0.25, 0.3) is 5.56 Å². The number of fused-ring (bicyclic) bond motifs is 8. The van der Waals surface area contributed by atoms with Crippen LogP contribution in [0.25, 0.3) is 33.4 Å². The maximum absolute atomic E-state index is 15.3. The molecular formula is C42H38FN5O7. The summed E-state index contributed by atoms with van der Waals surface area (Å²) in [6.45, 7) is 3.53. The van der Waals surface area contributed by atoms with Crippen molar-refractivity contribution in [2.45, 2.75) is 63.8 Å². The number of urea groups is 1. The maximum atomic E-state index is 15.3. The second kappa shape index (κ2) is 12.8. The molecule has 3 aromatic carbocycles. The van der Waals surface area contributed by atoms with Gasteiger partial charge in [-0.3, -0.25) is 4.79 Å². The summed E-state index contributed by atoms with van der Waals surface area (Å²) in [7, 11) is 0. The fraction of sp³-hybridized carbons (Fsp3) is 0.310. The van der Waals surface area contributed by atoms with Crippen LogP contribution in [0.15, 0.2) is 65.5 Å². The summed E-state index contributed by atoms with van der Waals surface area (Å²) in [6.07, 6.45) is -0.181. The van der Waals surface area contributed by atoms with Crippen molar-refractivity contribution in [2.24, 2.45) is 0 Å². The van der Waals surface area contributed by atoms with Crippen LogP contribution in [0.4, 0.5) is 14.0 Å². The molecule has 0 unspecified atom stereocenters. The zero-order valence-corrected chi connectivity index (χ0v) is 30.2. The maximum Gasteiger partial charge on any atom is 0.407 e. The number of hydrogen-bond acceptors (Lipinski definition) is 7. The van der Waals surface area contributed by atoms with Crippen LogP contribution >= 0.6 is 0 Å². The smallest absolute Gasteiger partial charge is 0.407 e. The van der Waals surface area contributed by atoms with Crippen LogP contribution in [-0.2, 0) is 34.7 Å². The molecule has 9 rings (SSSR count). The molecule has 5 aromatic rings. The van der Waals surface area contributed by atoms with Crippen molar-refractivity contribution >= 4 is 29.0 Å². The van der Waals surface area contributed by atoms with Crippen LogP contribution in [-0.4, -0.2) is 62.4 Å². The van der Waals surface area contributed by atoms with E-state index in [9.17, 15) is 29.4 Å². The zero-order valence-electron chi connectivity index (χ0n) is 30.2. The van der Waals surface area contributed by atoms with Gasteiger partial charge in [0.1, 0.15) is 12.4 Å². The van der Waals surface area contributed by atoms with Crippen LogP contribution < -0.4 is 16.2 Å². The number of carbonyl (C=O) groups is 3. The Bertz CT molecular complexity index is 2520. The number of rotatable bonds is 7. The third-order valence-electron chi connectivity index (χ3n) is 12.0. The number of cyclic esters (lactones) is 1. The van der Waals surface area contributed by atoms with Crippen LogP contribution in [0, 0.1) is 12.7 Å². The molecule has 2 aliphatic heterocycles. The van der Waals surface area contributed by atoms with Gasteiger partial charge in [-0.15, -0.1) is 0 Å². The Kier molecular flexibility index (Phi) is 8.05. The number of ether oxygens (including phenoxy) is 1. The van der Waals surface area contributed by atoms with E-state index >= 15 is 4.39 Å². The Labute approximate surface area is 314 Å². The van der Waals surface area contributed by atoms with Gasteiger partial charge in [0.2, 0.25) is 0 Å². The fourth-order valence-electron chi connectivity index (χ4n) is 9.15. The molecule has 55 heavy (non-hydrogen) atoms. The van der Waals surface area contributed by atoms with Gasteiger partial charge in [0.05, 0.1) is 35.1 Å². The standard InChI is InChI=1S/C42H38FN5O7/c1-3-42(54)30-16-34-37-28(19-48(34)38(49)29(30)20-55-39(42)50)36-32(13-12-22-21(2)31(43)17-33(45-37)35(22)36)46-40(51)44-14-15-47(41(52)53)18-27-25-10-6-4-8-23(25)24-9-5-7-11-26(24)27/h4-11,16-17,27,32,54H,3,12-15,18-20H2,1-2H3,(H,52,53)(H2,44,46,51)/t32-,42-/m0/s1. The lowest BCUT2D eigenvalue weighted by atomic mass is 9.81. The first kappa shape index (κ1) is 34.7. The summed E-state index contributed by atoms with van der Waals surface area (Å²) in [4.78, 5) is 58.8. The van der Waals surface area contributed by atoms with E-state index in [-0.39, 0.29) is 56.3 Å². The molecule has 2 aromatic heterocycles.